The van der Waals surface area contributed by atoms with Crippen LogP contribution in [-0.2, 0) is 19.1 Å². The van der Waals surface area contributed by atoms with E-state index in [1.165, 1.54) is 0 Å². The molecule has 5 rings (SSSR count). The lowest BCUT2D eigenvalue weighted by Gasteiger charge is -2.38. The van der Waals surface area contributed by atoms with Crippen molar-refractivity contribution < 1.29 is 24.2 Å². The molecule has 8 nitrogen and oxygen atoms in total. The third-order valence-corrected chi connectivity index (χ3v) is 8.83. The van der Waals surface area contributed by atoms with Crippen LogP contribution in [0, 0.1) is 31.6 Å². The molecule has 3 aliphatic heterocycles. The summed E-state index contributed by atoms with van der Waals surface area (Å²) in [7, 11) is 0. The first-order valence-corrected chi connectivity index (χ1v) is 13.6. The molecule has 3 heterocycles. The van der Waals surface area contributed by atoms with Crippen LogP contribution in [0.2, 0.25) is 0 Å². The topological polar surface area (TPSA) is 108 Å². The molecule has 3 aliphatic rings. The molecule has 7 atom stereocenters. The number of amides is 3. The molecule has 1 spiro atoms. The van der Waals surface area contributed by atoms with Gasteiger partial charge in [-0.2, -0.15) is 0 Å². The maximum atomic E-state index is 14.2. The number of hydrogen-bond donors (Lipinski definition) is 3. The third kappa shape index (κ3) is 4.20. The number of anilines is 2. The number of carbonyl (C=O) groups excluding carboxylic acids is 3. The monoisotopic (exact) mass is 519 g/mol. The zero-order valence-electron chi connectivity index (χ0n) is 22.4. The number of nitrogens with zero attached hydrogens (tertiary/aromatic N) is 1. The number of aryl methyl sites for hydroxylation is 2. The SMILES string of the molecule is CC[C@H](C)[C@H](CO)N1C(=O)[C@@H]2[C@H](C(=O)Nc3ccccc3)[C@@H]3CCC2(O3)C1C(=O)Nc1cc(C)ccc1C. The van der Waals surface area contributed by atoms with Gasteiger partial charge in [-0.05, 0) is 61.9 Å². The summed E-state index contributed by atoms with van der Waals surface area (Å²) in [4.78, 5) is 43.4. The lowest BCUT2D eigenvalue weighted by atomic mass is 9.70. The first-order chi connectivity index (χ1) is 18.2. The molecule has 2 unspecified atom stereocenters. The number of aliphatic hydroxyl groups excluding tert-OH is 1. The highest BCUT2D eigenvalue weighted by molar-refractivity contribution is 6.05. The molecule has 8 heteroatoms. The molecule has 3 saturated heterocycles. The summed E-state index contributed by atoms with van der Waals surface area (Å²) in [5.74, 6) is -2.47. The molecule has 202 valence electrons. The minimum Gasteiger partial charge on any atom is -0.394 e. The van der Waals surface area contributed by atoms with E-state index < -0.39 is 35.6 Å². The Morgan fingerprint density at radius 1 is 1.13 bits per heavy atom. The van der Waals surface area contributed by atoms with Gasteiger partial charge in [-0.1, -0.05) is 50.6 Å². The number of para-hydroxylation sites is 1. The Bertz CT molecular complexity index is 1230. The Kier molecular flexibility index (Phi) is 7.05. The van der Waals surface area contributed by atoms with Crippen molar-refractivity contribution in [2.45, 2.75) is 70.7 Å². The van der Waals surface area contributed by atoms with Crippen LogP contribution < -0.4 is 10.6 Å². The van der Waals surface area contributed by atoms with Gasteiger partial charge in [-0.25, -0.2) is 0 Å². The lowest BCUT2D eigenvalue weighted by molar-refractivity contribution is -0.144. The molecule has 0 saturated carbocycles. The minimum atomic E-state index is -1.12. The molecule has 0 aromatic heterocycles. The summed E-state index contributed by atoms with van der Waals surface area (Å²) < 4.78 is 6.52. The van der Waals surface area contributed by atoms with Crippen LogP contribution in [0.4, 0.5) is 11.4 Å². The van der Waals surface area contributed by atoms with E-state index in [9.17, 15) is 19.5 Å². The summed E-state index contributed by atoms with van der Waals surface area (Å²) in [5, 5.41) is 16.4. The zero-order chi connectivity index (χ0) is 27.2. The minimum absolute atomic E-state index is 0.0519. The zero-order valence-corrected chi connectivity index (χ0v) is 22.4. The second-order valence-electron chi connectivity index (χ2n) is 11.1. The molecule has 0 aliphatic carbocycles. The van der Waals surface area contributed by atoms with E-state index in [0.717, 1.165) is 17.5 Å². The van der Waals surface area contributed by atoms with Crippen LogP contribution >= 0.6 is 0 Å². The smallest absolute Gasteiger partial charge is 0.250 e. The Hall–Kier alpha value is -3.23. The number of carbonyl (C=O) groups is 3. The van der Waals surface area contributed by atoms with Crippen molar-refractivity contribution in [3.05, 3.63) is 59.7 Å². The number of hydrogen-bond acceptors (Lipinski definition) is 5. The van der Waals surface area contributed by atoms with Crippen LogP contribution in [0.3, 0.4) is 0 Å². The van der Waals surface area contributed by atoms with Gasteiger partial charge < -0.3 is 25.4 Å². The average molecular weight is 520 g/mol. The van der Waals surface area contributed by atoms with Gasteiger partial charge in [0.25, 0.3) is 0 Å². The van der Waals surface area contributed by atoms with Crippen LogP contribution in [0.15, 0.2) is 48.5 Å². The fraction of sp³-hybridized carbons (Fsp3) is 0.500. The van der Waals surface area contributed by atoms with Crippen molar-refractivity contribution in [1.29, 1.82) is 0 Å². The van der Waals surface area contributed by atoms with Gasteiger partial charge in [0.05, 0.1) is 30.6 Å². The maximum Gasteiger partial charge on any atom is 0.250 e. The largest absolute Gasteiger partial charge is 0.394 e. The summed E-state index contributed by atoms with van der Waals surface area (Å²) in [6.07, 6.45) is 1.37. The van der Waals surface area contributed by atoms with E-state index in [0.29, 0.717) is 24.2 Å². The van der Waals surface area contributed by atoms with Crippen LogP contribution in [0.5, 0.6) is 0 Å². The van der Waals surface area contributed by atoms with E-state index in [4.69, 9.17) is 4.74 Å². The summed E-state index contributed by atoms with van der Waals surface area (Å²) in [6.45, 7) is 7.57. The molecule has 3 N–H and O–H groups in total. The third-order valence-electron chi connectivity index (χ3n) is 8.83. The number of rotatable bonds is 8. The van der Waals surface area contributed by atoms with Gasteiger partial charge >= 0.3 is 0 Å². The van der Waals surface area contributed by atoms with E-state index >= 15 is 0 Å². The fourth-order valence-electron chi connectivity index (χ4n) is 6.68. The number of fused-ring (bicyclic) bond motifs is 1. The fourth-order valence-corrected chi connectivity index (χ4v) is 6.68. The van der Waals surface area contributed by atoms with Crippen molar-refractivity contribution in [1.82, 2.24) is 4.90 Å². The quantitative estimate of drug-likeness (QED) is 0.493. The standard InChI is InChI=1S/C30H37N3O5/c1-5-18(3)22(16-34)33-26(28(36)32-21-15-17(2)11-12-19(21)4)30-14-13-23(38-30)24(25(30)29(33)37)27(35)31-20-9-7-6-8-10-20/h6-12,15,18,22-26,34H,5,13-14,16H2,1-4H3,(H,31,35)(H,32,36)/t18-,22-,23-,24+,25-,26?,30?/m0/s1. The van der Waals surface area contributed by atoms with Crippen molar-refractivity contribution >= 4 is 29.1 Å². The number of likely N-dealkylation sites (tertiary alicyclic amines) is 1. The van der Waals surface area contributed by atoms with E-state index in [1.54, 1.807) is 17.0 Å². The molecule has 2 bridgehead atoms. The molecule has 3 amide bonds. The molecule has 38 heavy (non-hydrogen) atoms. The van der Waals surface area contributed by atoms with Crippen molar-refractivity contribution in [3.8, 4) is 0 Å². The lowest BCUT2D eigenvalue weighted by Crippen LogP contribution is -2.57. The van der Waals surface area contributed by atoms with Gasteiger partial charge in [0, 0.05) is 11.4 Å². The van der Waals surface area contributed by atoms with E-state index in [-0.39, 0.29) is 30.2 Å². The predicted octanol–water partition coefficient (Wildman–Crippen LogP) is 3.66. The Morgan fingerprint density at radius 2 is 1.87 bits per heavy atom. The van der Waals surface area contributed by atoms with Gasteiger partial charge in [0.2, 0.25) is 17.7 Å². The molecule has 3 fully saturated rings. The van der Waals surface area contributed by atoms with E-state index in [2.05, 4.69) is 10.6 Å². The first-order valence-electron chi connectivity index (χ1n) is 13.6. The number of ether oxygens (including phenoxy) is 1. The maximum absolute atomic E-state index is 14.2. The Balaban J connectivity index is 1.54. The van der Waals surface area contributed by atoms with Crippen molar-refractivity contribution in [3.63, 3.8) is 0 Å². The second kappa shape index (κ2) is 10.2. The summed E-state index contributed by atoms with van der Waals surface area (Å²) >= 11 is 0. The number of benzene rings is 2. The normalized spacial score (nSPS) is 29.2. The van der Waals surface area contributed by atoms with Crippen molar-refractivity contribution in [2.75, 3.05) is 17.2 Å². The highest BCUT2D eigenvalue weighted by atomic mass is 16.5. The van der Waals surface area contributed by atoms with Gasteiger partial charge in [0.1, 0.15) is 11.6 Å². The molecule has 0 radical (unpaired) electrons. The molecule has 2 aromatic carbocycles. The van der Waals surface area contributed by atoms with E-state index in [1.807, 2.05) is 64.1 Å². The van der Waals surface area contributed by atoms with Gasteiger partial charge in [0.15, 0.2) is 0 Å². The van der Waals surface area contributed by atoms with Crippen LogP contribution in [0.25, 0.3) is 0 Å². The number of aliphatic hydroxyl groups is 1. The molecule has 2 aromatic rings. The van der Waals surface area contributed by atoms with Crippen LogP contribution in [-0.4, -0.2) is 58.1 Å². The Labute approximate surface area is 223 Å². The van der Waals surface area contributed by atoms with Crippen LogP contribution in [0.1, 0.15) is 44.2 Å². The predicted molar refractivity (Wildman–Crippen MR) is 144 cm³/mol. The molecular weight excluding hydrogens is 482 g/mol. The number of nitrogens with one attached hydrogen (secondary N) is 2. The van der Waals surface area contributed by atoms with Gasteiger partial charge in [-0.3, -0.25) is 14.4 Å². The molecular formula is C30H37N3O5. The second-order valence-corrected chi connectivity index (χ2v) is 11.1. The summed E-state index contributed by atoms with van der Waals surface area (Å²) in [5.41, 5.74) is 2.12. The van der Waals surface area contributed by atoms with Gasteiger partial charge in [-0.15, -0.1) is 0 Å². The van der Waals surface area contributed by atoms with Crippen molar-refractivity contribution in [2.24, 2.45) is 17.8 Å². The highest BCUT2D eigenvalue weighted by Crippen LogP contribution is 2.59. The first kappa shape index (κ1) is 26.4. The highest BCUT2D eigenvalue weighted by Gasteiger charge is 2.75. The average Bonchev–Trinajstić information content (AvgIpc) is 3.55. The Morgan fingerprint density at radius 3 is 2.55 bits per heavy atom. The summed E-state index contributed by atoms with van der Waals surface area (Å²) in [6, 6.07) is 13.5.